The van der Waals surface area contributed by atoms with E-state index < -0.39 is 8.07 Å². The molecule has 0 aliphatic carbocycles. The zero-order valence-electron chi connectivity index (χ0n) is 10.8. The van der Waals surface area contributed by atoms with Crippen molar-refractivity contribution in [3.8, 4) is 17.2 Å². The van der Waals surface area contributed by atoms with Crippen LogP contribution in [0.3, 0.4) is 0 Å². The van der Waals surface area contributed by atoms with Crippen LogP contribution in [0.4, 0.5) is 0 Å². The molecule has 0 saturated heterocycles. The first-order chi connectivity index (χ1) is 7.22. The lowest BCUT2D eigenvalue weighted by atomic mass is 10.2. The van der Waals surface area contributed by atoms with Gasteiger partial charge in [-0.25, -0.2) is 0 Å². The van der Waals surface area contributed by atoms with Gasteiger partial charge in [-0.15, -0.1) is 5.54 Å². The summed E-state index contributed by atoms with van der Waals surface area (Å²) in [7, 11) is -1.52. The fourth-order valence-electron chi connectivity index (χ4n) is 0.961. The molecule has 0 aromatic heterocycles. The summed E-state index contributed by atoms with van der Waals surface area (Å²) in [5, 5.41) is 9.46. The second-order valence-corrected chi connectivity index (χ2v) is 10.7. The summed E-state index contributed by atoms with van der Waals surface area (Å²) in [4.78, 5) is 0. The van der Waals surface area contributed by atoms with Crippen LogP contribution in [0.5, 0.6) is 5.75 Å². The molecule has 0 fully saturated rings. The van der Waals surface area contributed by atoms with Gasteiger partial charge in [0, 0.05) is 5.56 Å². The van der Waals surface area contributed by atoms with Gasteiger partial charge in [0.2, 0.25) is 0 Å². The average molecular weight is 232 g/mol. The lowest BCUT2D eigenvalue weighted by Crippen LogP contribution is -2.35. The van der Waals surface area contributed by atoms with Crippen molar-refractivity contribution in [2.24, 2.45) is 0 Å². The van der Waals surface area contributed by atoms with Gasteiger partial charge in [0.05, 0.1) is 0 Å². The molecular formula is C14H20OSi. The smallest absolute Gasteiger partial charge is 0.138 e. The Balaban J connectivity index is 2.94. The van der Waals surface area contributed by atoms with Crippen LogP contribution >= 0.6 is 0 Å². The average Bonchev–Trinajstić information content (AvgIpc) is 2.15. The molecule has 0 unspecified atom stereocenters. The third kappa shape index (κ3) is 3.14. The molecule has 1 N–H and O–H groups in total. The Hall–Kier alpha value is -1.20. The molecule has 0 saturated carbocycles. The maximum absolute atomic E-state index is 9.17. The Morgan fingerprint density at radius 1 is 1.06 bits per heavy atom. The number of phenols is 1. The molecule has 1 aromatic carbocycles. The van der Waals surface area contributed by atoms with Crippen LogP contribution < -0.4 is 0 Å². The normalized spacial score (nSPS) is 11.8. The topological polar surface area (TPSA) is 20.2 Å². The minimum atomic E-state index is -1.52. The lowest BCUT2D eigenvalue weighted by molar-refractivity contribution is 0.475. The first kappa shape index (κ1) is 12.9. The number of phenolic OH excluding ortho intramolecular Hbond substituents is 1. The van der Waals surface area contributed by atoms with Gasteiger partial charge < -0.3 is 5.11 Å². The summed E-state index contributed by atoms with van der Waals surface area (Å²) in [6, 6.07) is 7.07. The minimum Gasteiger partial charge on any atom is -0.508 e. The van der Waals surface area contributed by atoms with E-state index >= 15 is 0 Å². The standard InChI is InChI=1S/C14H20OSi/c1-14(2,3)16(4,5)11-10-12-6-8-13(15)9-7-12/h6-9,15H,1-5H3. The second-order valence-electron chi connectivity index (χ2n) is 5.67. The summed E-state index contributed by atoms with van der Waals surface area (Å²) in [6.45, 7) is 11.3. The first-order valence-electron chi connectivity index (χ1n) is 5.54. The van der Waals surface area contributed by atoms with Gasteiger partial charge in [-0.05, 0) is 29.3 Å². The Morgan fingerprint density at radius 3 is 2.00 bits per heavy atom. The molecule has 86 valence electrons. The maximum Gasteiger partial charge on any atom is 0.138 e. The Kier molecular flexibility index (Phi) is 3.50. The molecule has 2 heteroatoms. The number of hydrogen-bond acceptors (Lipinski definition) is 1. The highest BCUT2D eigenvalue weighted by atomic mass is 28.3. The van der Waals surface area contributed by atoms with Crippen molar-refractivity contribution < 1.29 is 5.11 Å². The molecule has 0 spiro atoms. The van der Waals surface area contributed by atoms with Gasteiger partial charge in [0.1, 0.15) is 13.8 Å². The third-order valence-corrected chi connectivity index (χ3v) is 7.76. The summed E-state index contributed by atoms with van der Waals surface area (Å²) in [5.41, 5.74) is 4.42. The van der Waals surface area contributed by atoms with Crippen LogP contribution in [0, 0.1) is 11.5 Å². The van der Waals surface area contributed by atoms with E-state index in [1.807, 2.05) is 12.1 Å². The molecule has 16 heavy (non-hydrogen) atoms. The highest BCUT2D eigenvalue weighted by Crippen LogP contribution is 2.35. The highest BCUT2D eigenvalue weighted by molar-refractivity contribution is 6.87. The Morgan fingerprint density at radius 2 is 1.56 bits per heavy atom. The number of rotatable bonds is 0. The van der Waals surface area contributed by atoms with E-state index in [1.54, 1.807) is 12.1 Å². The van der Waals surface area contributed by atoms with Crippen molar-refractivity contribution in [1.82, 2.24) is 0 Å². The van der Waals surface area contributed by atoms with Gasteiger partial charge >= 0.3 is 0 Å². The van der Waals surface area contributed by atoms with Crippen molar-refractivity contribution in [2.45, 2.75) is 38.9 Å². The van der Waals surface area contributed by atoms with Crippen LogP contribution in [-0.2, 0) is 0 Å². The molecule has 0 atom stereocenters. The van der Waals surface area contributed by atoms with Gasteiger partial charge in [-0.2, -0.15) is 0 Å². The Labute approximate surface area is 99.5 Å². The van der Waals surface area contributed by atoms with Crippen molar-refractivity contribution in [2.75, 3.05) is 0 Å². The molecule has 0 heterocycles. The van der Waals surface area contributed by atoms with Crippen LogP contribution in [0.15, 0.2) is 24.3 Å². The predicted octanol–water partition coefficient (Wildman–Crippen LogP) is 3.79. The van der Waals surface area contributed by atoms with Gasteiger partial charge in [-0.1, -0.05) is 39.8 Å². The van der Waals surface area contributed by atoms with Gasteiger partial charge in [0.15, 0.2) is 0 Å². The van der Waals surface area contributed by atoms with Crippen molar-refractivity contribution >= 4 is 8.07 Å². The molecule has 0 radical (unpaired) electrons. The van der Waals surface area contributed by atoms with Crippen LogP contribution in [0.2, 0.25) is 18.1 Å². The zero-order chi connectivity index (χ0) is 12.4. The monoisotopic (exact) mass is 232 g/mol. The number of aromatic hydroxyl groups is 1. The second kappa shape index (κ2) is 4.35. The molecule has 1 rings (SSSR count). The number of hydrogen-bond donors (Lipinski definition) is 1. The fraction of sp³-hybridized carbons (Fsp3) is 0.429. The molecular weight excluding hydrogens is 212 g/mol. The largest absolute Gasteiger partial charge is 0.508 e. The first-order valence-corrected chi connectivity index (χ1v) is 8.54. The molecule has 0 amide bonds. The van der Waals surface area contributed by atoms with E-state index in [0.29, 0.717) is 0 Å². The summed E-state index contributed by atoms with van der Waals surface area (Å²) in [6.07, 6.45) is 0. The van der Waals surface area contributed by atoms with E-state index in [4.69, 9.17) is 0 Å². The quantitative estimate of drug-likeness (QED) is 0.533. The summed E-state index contributed by atoms with van der Waals surface area (Å²) >= 11 is 0. The van der Waals surface area contributed by atoms with Gasteiger partial charge in [0.25, 0.3) is 0 Å². The van der Waals surface area contributed by atoms with E-state index in [0.717, 1.165) is 5.56 Å². The summed E-state index contributed by atoms with van der Waals surface area (Å²) < 4.78 is 0. The minimum absolute atomic E-state index is 0.289. The summed E-state index contributed by atoms with van der Waals surface area (Å²) in [5.74, 6) is 3.51. The molecule has 0 aliphatic rings. The third-order valence-electron chi connectivity index (χ3n) is 3.26. The van der Waals surface area contributed by atoms with E-state index in [9.17, 15) is 5.11 Å². The molecule has 1 nitrogen and oxygen atoms in total. The predicted molar refractivity (Wildman–Crippen MR) is 72.2 cm³/mol. The maximum atomic E-state index is 9.17. The fourth-order valence-corrected chi connectivity index (χ4v) is 1.79. The molecule has 0 bridgehead atoms. The van der Waals surface area contributed by atoms with Crippen molar-refractivity contribution in [3.05, 3.63) is 29.8 Å². The molecule has 1 aromatic rings. The molecule has 0 aliphatic heterocycles. The van der Waals surface area contributed by atoms with E-state index in [1.165, 1.54) is 0 Å². The SMILES string of the molecule is CC(C)(C)[Si](C)(C)C#Cc1ccc(O)cc1. The van der Waals surface area contributed by atoms with Crippen molar-refractivity contribution in [1.29, 1.82) is 0 Å². The van der Waals surface area contributed by atoms with E-state index in [2.05, 4.69) is 45.3 Å². The Bertz CT molecular complexity index is 413. The van der Waals surface area contributed by atoms with Crippen LogP contribution in [0.1, 0.15) is 26.3 Å². The van der Waals surface area contributed by atoms with Crippen LogP contribution in [0.25, 0.3) is 0 Å². The van der Waals surface area contributed by atoms with Gasteiger partial charge in [-0.3, -0.25) is 0 Å². The van der Waals surface area contributed by atoms with Crippen molar-refractivity contribution in [3.63, 3.8) is 0 Å². The number of benzene rings is 1. The lowest BCUT2D eigenvalue weighted by Gasteiger charge is -2.31. The zero-order valence-corrected chi connectivity index (χ0v) is 11.8. The van der Waals surface area contributed by atoms with E-state index in [-0.39, 0.29) is 10.8 Å². The van der Waals surface area contributed by atoms with Crippen LogP contribution in [-0.4, -0.2) is 13.2 Å². The highest BCUT2D eigenvalue weighted by Gasteiger charge is 2.33.